The second-order valence-corrected chi connectivity index (χ2v) is 33.3. The second kappa shape index (κ2) is 40.9. The summed E-state index contributed by atoms with van der Waals surface area (Å²) in [5.74, 6) is 14.1. The van der Waals surface area contributed by atoms with E-state index in [-0.39, 0.29) is 54.8 Å². The predicted molar refractivity (Wildman–Crippen MR) is 506 cm³/mol. The van der Waals surface area contributed by atoms with E-state index >= 15 is 0 Å². The molecule has 6 aromatic carbocycles. The summed E-state index contributed by atoms with van der Waals surface area (Å²) in [6, 6.07) is 46.5. The highest BCUT2D eigenvalue weighted by molar-refractivity contribution is 6.31. The van der Waals surface area contributed by atoms with Crippen molar-refractivity contribution in [2.75, 3.05) is 77.3 Å². The van der Waals surface area contributed by atoms with Gasteiger partial charge in [0.2, 0.25) is 0 Å². The van der Waals surface area contributed by atoms with Crippen molar-refractivity contribution in [2.24, 2.45) is 0 Å². The molecular formula is C103H99ClFN21O4. The highest BCUT2D eigenvalue weighted by Gasteiger charge is 2.24. The standard InChI is InChI=1S/C29H26FN5O.C28H26N6O.C25H25N5O.C21H22ClN5O/c1-19-13-22(15-23-17-35(2)12-10-26(19)23)27-16-33-28(31)29(34-27)36-18-21-9-11-32-25(14-21)8-5-20-3-6-24(30)7-4-20;1-19-13-22(15-23-17-34(2)12-8-25(19)23)26-16-32-27(29)28(33-26)35-18-21-7-11-31-24(14-21)4-3-20-5-9-30-10-6-20;1-16-11-18(12-19-14-30(2)10-8-20(16)19)23-13-28-24(26)25(29-23)31-15-17-7-9-27-22-6-4-3-5-21(17)22;1-13-7-15(8-16-11-27(2)6-4-17(13)16)19-10-25-20(23)21(26-19)28-12-14-3-5-24-9-18(14)22/h3-4,6-7,9,11,13-16H,10,12,17-18H2,1-2H3,(H2,31,33);5-7,9-11,13-16H,8,12,17-18H2,1-2H3,(H2,29,32);3-7,9,11-13H,8,10,14-15H2,1-2H3,(H2,26,28);3,5,7-10H,4,6,11-12H2,1-2H3,(H2,23,25). The molecule has 9 aromatic heterocycles. The summed E-state index contributed by atoms with van der Waals surface area (Å²) in [6.07, 6.45) is 22.9. The number of hydrogen-bond donors (Lipinski definition) is 4. The topological polar surface area (TPSA) is 322 Å². The minimum absolute atomic E-state index is 0.235. The lowest BCUT2D eigenvalue weighted by Crippen LogP contribution is -2.27. The van der Waals surface area contributed by atoms with Gasteiger partial charge in [0.1, 0.15) is 43.6 Å². The molecule has 0 amide bonds. The van der Waals surface area contributed by atoms with Crippen LogP contribution in [0.1, 0.15) is 112 Å². The molecule has 0 radical (unpaired) electrons. The highest BCUT2D eigenvalue weighted by atomic mass is 35.5. The fourth-order valence-corrected chi connectivity index (χ4v) is 16.4. The molecule has 0 spiro atoms. The number of anilines is 4. The largest absolute Gasteiger partial charge is 0.470 e. The smallest absolute Gasteiger partial charge is 0.258 e. The van der Waals surface area contributed by atoms with Crippen LogP contribution in [0.5, 0.6) is 23.5 Å². The van der Waals surface area contributed by atoms with Crippen molar-refractivity contribution in [1.29, 1.82) is 0 Å². The summed E-state index contributed by atoms with van der Waals surface area (Å²) < 4.78 is 36.8. The number of benzene rings is 6. The molecule has 0 aliphatic carbocycles. The van der Waals surface area contributed by atoms with E-state index in [1.54, 1.807) is 86.4 Å². The summed E-state index contributed by atoms with van der Waals surface area (Å²) in [5.41, 5.74) is 54.9. The first kappa shape index (κ1) is 88.7. The molecule has 4 aliphatic heterocycles. The fraction of sp³-hybridized carbons (Fsp3) is 0.233. The van der Waals surface area contributed by atoms with Crippen LogP contribution in [0.15, 0.2) is 214 Å². The molecule has 0 bridgehead atoms. The van der Waals surface area contributed by atoms with Gasteiger partial charge in [0, 0.05) is 146 Å². The van der Waals surface area contributed by atoms with Crippen molar-refractivity contribution in [1.82, 2.24) is 84.4 Å². The van der Waals surface area contributed by atoms with Gasteiger partial charge < -0.3 is 61.5 Å². The molecular weight excluding hydrogens is 1650 g/mol. The maximum absolute atomic E-state index is 13.1. The van der Waals surface area contributed by atoms with E-state index in [1.165, 1.54) is 78.9 Å². The Morgan fingerprint density at radius 2 is 0.715 bits per heavy atom. The Morgan fingerprint density at radius 1 is 0.362 bits per heavy atom. The van der Waals surface area contributed by atoms with Crippen molar-refractivity contribution in [3.8, 4) is 92.2 Å². The highest BCUT2D eigenvalue weighted by Crippen LogP contribution is 2.37. The molecule has 19 rings (SSSR count). The Hall–Kier alpha value is -14.8. The number of para-hydroxylation sites is 1. The van der Waals surface area contributed by atoms with Gasteiger partial charge in [-0.05, 0) is 299 Å². The summed E-state index contributed by atoms with van der Waals surface area (Å²) in [4.78, 5) is 66.3. The summed E-state index contributed by atoms with van der Waals surface area (Å²) >= 11 is 6.14. The SMILES string of the molecule is Cc1cc(-c2cnc(N)c(OCc3ccnc(C#Cc4ccc(F)cc4)c3)n2)cc2c1CCN(C)C2.Cc1cc(-c2cnc(N)c(OCc3ccnc(C#Cc4ccncc4)c3)n2)cc2c1CCN(C)C2.Cc1cc(-c2cnc(N)c(OCc3ccnc4ccccc34)n2)cc2c1CCN(C)C2.Cc1cc(-c2cnc(N)c(OCc3ccncc3Cl)n2)cc2c1CCN(C)C2. The quantitative estimate of drug-likeness (QED) is 0.0653. The van der Waals surface area contributed by atoms with Crippen LogP contribution < -0.4 is 41.9 Å². The molecule has 654 valence electrons. The molecule has 13 heterocycles. The van der Waals surface area contributed by atoms with Crippen LogP contribution in [0.3, 0.4) is 0 Å². The third-order valence-corrected chi connectivity index (χ3v) is 23.5. The van der Waals surface area contributed by atoms with Crippen molar-refractivity contribution < 1.29 is 23.3 Å². The van der Waals surface area contributed by atoms with Gasteiger partial charge in [0.05, 0.1) is 58.1 Å². The molecule has 0 fully saturated rings. The van der Waals surface area contributed by atoms with E-state index < -0.39 is 0 Å². The van der Waals surface area contributed by atoms with Gasteiger partial charge in [-0.2, -0.15) is 0 Å². The number of likely N-dealkylation sites (N-methyl/N-ethyl adjacent to an activating group) is 4. The maximum atomic E-state index is 13.1. The van der Waals surface area contributed by atoms with E-state index in [0.717, 1.165) is 162 Å². The normalized spacial score (nSPS) is 13.4. The first-order chi connectivity index (χ1) is 63.1. The van der Waals surface area contributed by atoms with E-state index in [9.17, 15) is 4.39 Å². The van der Waals surface area contributed by atoms with Crippen LogP contribution in [-0.2, 0) is 78.3 Å². The minimum atomic E-state index is -0.293. The Balaban J connectivity index is 0.000000127. The van der Waals surface area contributed by atoms with Gasteiger partial charge in [-0.25, -0.2) is 54.2 Å². The Labute approximate surface area is 760 Å². The molecule has 0 atom stereocenters. The van der Waals surface area contributed by atoms with Crippen LogP contribution in [0.25, 0.3) is 55.9 Å². The number of ether oxygens (including phenoxy) is 4. The molecule has 4 aliphatic rings. The first-order valence-electron chi connectivity index (χ1n) is 42.9. The number of nitrogens with zero attached hydrogens (tertiary/aromatic N) is 17. The third kappa shape index (κ3) is 22.2. The molecule has 15 aromatic rings. The van der Waals surface area contributed by atoms with E-state index in [0.29, 0.717) is 46.2 Å². The molecule has 27 heteroatoms. The number of fused-ring (bicyclic) bond motifs is 5. The molecule has 130 heavy (non-hydrogen) atoms. The lowest BCUT2D eigenvalue weighted by atomic mass is 9.92. The Morgan fingerprint density at radius 3 is 1.12 bits per heavy atom. The van der Waals surface area contributed by atoms with Gasteiger partial charge in [-0.15, -0.1) is 0 Å². The number of hydrogen-bond acceptors (Lipinski definition) is 25. The summed E-state index contributed by atoms with van der Waals surface area (Å²) in [6.45, 7) is 17.8. The average Bonchev–Trinajstić information content (AvgIpc) is 0.801. The van der Waals surface area contributed by atoms with E-state index in [2.05, 4.69) is 203 Å². The molecule has 0 saturated carbocycles. The number of pyridine rings is 5. The first-order valence-corrected chi connectivity index (χ1v) is 43.2. The van der Waals surface area contributed by atoms with Crippen LogP contribution >= 0.6 is 11.6 Å². The van der Waals surface area contributed by atoms with Crippen molar-refractivity contribution in [2.45, 2.75) is 106 Å². The lowest BCUT2D eigenvalue weighted by Gasteiger charge is -2.27. The Bertz CT molecular complexity index is 6800. The number of aryl methyl sites for hydroxylation is 4. The second-order valence-electron chi connectivity index (χ2n) is 32.9. The third-order valence-electron chi connectivity index (χ3n) is 23.2. The molecule has 8 N–H and O–H groups in total. The van der Waals surface area contributed by atoms with Crippen molar-refractivity contribution in [3.05, 3.63) is 336 Å². The molecule has 25 nitrogen and oxygen atoms in total. The van der Waals surface area contributed by atoms with Crippen LogP contribution in [-0.4, -0.2) is 139 Å². The monoisotopic (exact) mass is 1750 g/mol. The van der Waals surface area contributed by atoms with Gasteiger partial charge in [-0.1, -0.05) is 41.6 Å². The fourth-order valence-electron chi connectivity index (χ4n) is 16.2. The lowest BCUT2D eigenvalue weighted by molar-refractivity contribution is 0.295. The number of halogens is 2. The van der Waals surface area contributed by atoms with Gasteiger partial charge in [0.25, 0.3) is 23.5 Å². The molecule has 0 unspecified atom stereocenters. The zero-order chi connectivity index (χ0) is 90.3. The maximum Gasteiger partial charge on any atom is 0.258 e. The summed E-state index contributed by atoms with van der Waals surface area (Å²) in [5, 5.41) is 1.60. The van der Waals surface area contributed by atoms with Crippen LogP contribution in [0.4, 0.5) is 27.7 Å². The van der Waals surface area contributed by atoms with E-state index in [1.807, 2.05) is 66.7 Å². The van der Waals surface area contributed by atoms with Crippen molar-refractivity contribution >= 4 is 45.8 Å². The zero-order valence-electron chi connectivity index (χ0n) is 73.8. The summed E-state index contributed by atoms with van der Waals surface area (Å²) in [7, 11) is 8.58. The van der Waals surface area contributed by atoms with Gasteiger partial charge in [-0.3, -0.25) is 15.0 Å². The zero-order valence-corrected chi connectivity index (χ0v) is 74.6. The van der Waals surface area contributed by atoms with Crippen LogP contribution in [0, 0.1) is 57.2 Å². The van der Waals surface area contributed by atoms with Crippen LogP contribution in [0.2, 0.25) is 5.02 Å². The van der Waals surface area contributed by atoms with Gasteiger partial charge in [0.15, 0.2) is 23.3 Å². The number of nitrogen functional groups attached to an aromatic ring is 4. The van der Waals surface area contributed by atoms with E-state index in [4.69, 9.17) is 63.5 Å². The average molecular weight is 1750 g/mol. The Kier molecular flexibility index (Phi) is 27.9. The molecule has 0 saturated heterocycles. The van der Waals surface area contributed by atoms with Crippen molar-refractivity contribution in [3.63, 3.8) is 0 Å². The van der Waals surface area contributed by atoms with Gasteiger partial charge >= 0.3 is 0 Å². The number of nitrogens with two attached hydrogens (primary N) is 4. The number of rotatable bonds is 16. The number of aromatic nitrogens is 13. The predicted octanol–water partition coefficient (Wildman–Crippen LogP) is 16.1. The minimum Gasteiger partial charge on any atom is -0.470 e.